The highest BCUT2D eigenvalue weighted by Gasteiger charge is 2.09. The molecule has 24 heavy (non-hydrogen) atoms. The number of halogens is 2. The number of pyridine rings is 1. The number of amides is 2. The van der Waals surface area contributed by atoms with Gasteiger partial charge < -0.3 is 5.32 Å². The van der Waals surface area contributed by atoms with E-state index in [0.717, 1.165) is 0 Å². The van der Waals surface area contributed by atoms with Crippen LogP contribution in [-0.2, 0) is 4.79 Å². The lowest BCUT2D eigenvalue weighted by atomic mass is 10.2. The molecule has 0 aliphatic rings. The number of anilines is 1. The maximum atomic E-state index is 12.0. The van der Waals surface area contributed by atoms with E-state index >= 15 is 0 Å². The molecule has 0 fully saturated rings. The van der Waals surface area contributed by atoms with Crippen LogP contribution in [0.5, 0.6) is 0 Å². The van der Waals surface area contributed by atoms with Gasteiger partial charge in [-0.15, -0.1) is 0 Å². The Morgan fingerprint density at radius 1 is 1.21 bits per heavy atom. The summed E-state index contributed by atoms with van der Waals surface area (Å²) < 4.78 is 0. The van der Waals surface area contributed by atoms with Gasteiger partial charge in [-0.1, -0.05) is 29.3 Å². The third-order valence-corrected chi connectivity index (χ3v) is 3.43. The van der Waals surface area contributed by atoms with Crippen LogP contribution in [-0.4, -0.2) is 22.5 Å². The SMILES string of the molecule is C/C(CC(=O)Nc1cc(Cl)ccc1Cl)=N/NC(=O)c1ccccn1. The van der Waals surface area contributed by atoms with E-state index in [-0.39, 0.29) is 18.0 Å². The summed E-state index contributed by atoms with van der Waals surface area (Å²) in [5, 5.41) is 7.36. The van der Waals surface area contributed by atoms with Gasteiger partial charge in [0, 0.05) is 16.9 Å². The summed E-state index contributed by atoms with van der Waals surface area (Å²) in [7, 11) is 0. The second-order valence-corrected chi connectivity index (χ2v) is 5.70. The molecule has 8 heteroatoms. The van der Waals surface area contributed by atoms with Crippen LogP contribution < -0.4 is 10.7 Å². The molecular weight excluding hydrogens is 351 g/mol. The predicted molar refractivity (Wildman–Crippen MR) is 94.5 cm³/mol. The van der Waals surface area contributed by atoms with E-state index in [1.165, 1.54) is 6.20 Å². The van der Waals surface area contributed by atoms with Gasteiger partial charge in [-0.2, -0.15) is 5.10 Å². The van der Waals surface area contributed by atoms with E-state index in [4.69, 9.17) is 23.2 Å². The third kappa shape index (κ3) is 5.33. The molecule has 0 spiro atoms. The summed E-state index contributed by atoms with van der Waals surface area (Å²) in [6.45, 7) is 1.62. The minimum absolute atomic E-state index is 0.00859. The van der Waals surface area contributed by atoms with Gasteiger partial charge in [-0.3, -0.25) is 14.6 Å². The summed E-state index contributed by atoms with van der Waals surface area (Å²) in [5.41, 5.74) is 3.43. The van der Waals surface area contributed by atoms with Gasteiger partial charge in [-0.25, -0.2) is 5.43 Å². The van der Waals surface area contributed by atoms with Crippen LogP contribution in [0.15, 0.2) is 47.7 Å². The van der Waals surface area contributed by atoms with Gasteiger partial charge in [0.05, 0.1) is 17.1 Å². The van der Waals surface area contributed by atoms with Crippen molar-refractivity contribution in [2.24, 2.45) is 5.10 Å². The van der Waals surface area contributed by atoms with Gasteiger partial charge >= 0.3 is 0 Å². The molecule has 0 radical (unpaired) electrons. The highest BCUT2D eigenvalue weighted by atomic mass is 35.5. The Hall–Kier alpha value is -2.44. The van der Waals surface area contributed by atoms with Crippen molar-refractivity contribution in [3.05, 3.63) is 58.3 Å². The molecule has 1 aromatic heterocycles. The summed E-state index contributed by atoms with van der Waals surface area (Å²) in [4.78, 5) is 27.7. The minimum atomic E-state index is -0.451. The van der Waals surface area contributed by atoms with E-state index in [1.807, 2.05) is 0 Å². The van der Waals surface area contributed by atoms with Crippen LogP contribution in [0.3, 0.4) is 0 Å². The first-order chi connectivity index (χ1) is 11.5. The summed E-state index contributed by atoms with van der Waals surface area (Å²) in [6, 6.07) is 9.73. The maximum Gasteiger partial charge on any atom is 0.289 e. The van der Waals surface area contributed by atoms with Crippen molar-refractivity contribution < 1.29 is 9.59 Å². The largest absolute Gasteiger partial charge is 0.324 e. The number of hydrazone groups is 1. The fourth-order valence-corrected chi connectivity index (χ4v) is 2.10. The van der Waals surface area contributed by atoms with Crippen LogP contribution in [0.1, 0.15) is 23.8 Å². The lowest BCUT2D eigenvalue weighted by molar-refractivity contribution is -0.115. The summed E-state index contributed by atoms with van der Waals surface area (Å²) in [6.07, 6.45) is 1.50. The van der Waals surface area contributed by atoms with Crippen LogP contribution in [0.2, 0.25) is 10.0 Å². The molecule has 1 heterocycles. The molecule has 0 aliphatic carbocycles. The lowest BCUT2D eigenvalue weighted by Crippen LogP contribution is -2.22. The first-order valence-corrected chi connectivity index (χ1v) is 7.70. The number of nitrogens with one attached hydrogen (secondary N) is 2. The molecule has 6 nitrogen and oxygen atoms in total. The van der Waals surface area contributed by atoms with Crippen LogP contribution >= 0.6 is 23.2 Å². The Balaban J connectivity index is 1.91. The molecule has 0 atom stereocenters. The first kappa shape index (κ1) is 17.9. The van der Waals surface area contributed by atoms with E-state index in [1.54, 1.807) is 43.3 Å². The van der Waals surface area contributed by atoms with Crippen molar-refractivity contribution in [3.8, 4) is 0 Å². The number of benzene rings is 1. The Bertz CT molecular complexity index is 779. The van der Waals surface area contributed by atoms with Crippen molar-refractivity contribution in [2.75, 3.05) is 5.32 Å². The van der Waals surface area contributed by atoms with Crippen LogP contribution in [0.4, 0.5) is 5.69 Å². The first-order valence-electron chi connectivity index (χ1n) is 6.95. The topological polar surface area (TPSA) is 83.5 Å². The third-order valence-electron chi connectivity index (χ3n) is 2.86. The van der Waals surface area contributed by atoms with E-state index in [9.17, 15) is 9.59 Å². The molecule has 0 saturated heterocycles. The molecule has 0 unspecified atom stereocenters. The smallest absolute Gasteiger partial charge is 0.289 e. The quantitative estimate of drug-likeness (QED) is 0.628. The fraction of sp³-hybridized carbons (Fsp3) is 0.125. The highest BCUT2D eigenvalue weighted by molar-refractivity contribution is 6.35. The Morgan fingerprint density at radius 3 is 2.71 bits per heavy atom. The normalized spacial score (nSPS) is 11.0. The summed E-state index contributed by atoms with van der Waals surface area (Å²) in [5.74, 6) is -0.777. The van der Waals surface area contributed by atoms with E-state index in [2.05, 4.69) is 20.8 Å². The zero-order valence-electron chi connectivity index (χ0n) is 12.7. The second-order valence-electron chi connectivity index (χ2n) is 4.85. The fourth-order valence-electron chi connectivity index (χ4n) is 1.76. The van der Waals surface area contributed by atoms with Gasteiger partial charge in [0.15, 0.2) is 0 Å². The minimum Gasteiger partial charge on any atom is -0.324 e. The molecule has 1 aromatic carbocycles. The zero-order valence-corrected chi connectivity index (χ0v) is 14.2. The zero-order chi connectivity index (χ0) is 17.5. The molecule has 124 valence electrons. The molecule has 2 N–H and O–H groups in total. The number of hydrogen-bond acceptors (Lipinski definition) is 4. The van der Waals surface area contributed by atoms with E-state index in [0.29, 0.717) is 21.4 Å². The van der Waals surface area contributed by atoms with Crippen molar-refractivity contribution in [1.29, 1.82) is 0 Å². The number of nitrogens with zero attached hydrogens (tertiary/aromatic N) is 2. The monoisotopic (exact) mass is 364 g/mol. The number of carbonyl (C=O) groups is 2. The van der Waals surface area contributed by atoms with Crippen molar-refractivity contribution in [2.45, 2.75) is 13.3 Å². The highest BCUT2D eigenvalue weighted by Crippen LogP contribution is 2.25. The Morgan fingerprint density at radius 2 is 2.00 bits per heavy atom. The second kappa shape index (κ2) is 8.42. The lowest BCUT2D eigenvalue weighted by Gasteiger charge is -2.07. The van der Waals surface area contributed by atoms with Crippen molar-refractivity contribution in [3.63, 3.8) is 0 Å². The molecule has 0 saturated carbocycles. The van der Waals surface area contributed by atoms with Gasteiger partial charge in [-0.05, 0) is 37.3 Å². The molecule has 2 aromatic rings. The van der Waals surface area contributed by atoms with Crippen molar-refractivity contribution >= 4 is 46.4 Å². The molecule has 2 amide bonds. The number of hydrogen-bond donors (Lipinski definition) is 2. The van der Waals surface area contributed by atoms with Gasteiger partial charge in [0.1, 0.15) is 5.69 Å². The average molecular weight is 365 g/mol. The molecule has 2 rings (SSSR count). The van der Waals surface area contributed by atoms with E-state index < -0.39 is 5.91 Å². The maximum absolute atomic E-state index is 12.0. The Labute approximate surface area is 148 Å². The number of rotatable bonds is 5. The number of aromatic nitrogens is 1. The summed E-state index contributed by atoms with van der Waals surface area (Å²) >= 11 is 11.8. The Kier molecular flexibility index (Phi) is 6.28. The molecular formula is C16H14Cl2N4O2. The standard InChI is InChI=1S/C16H14Cl2N4O2/c1-10(21-22-16(24)13-4-2-3-7-19-13)8-15(23)20-14-9-11(17)5-6-12(14)18/h2-7,9H,8H2,1H3,(H,20,23)(H,22,24)/b21-10-. The van der Waals surface area contributed by atoms with Crippen molar-refractivity contribution in [1.82, 2.24) is 10.4 Å². The van der Waals surface area contributed by atoms with Gasteiger partial charge in [0.2, 0.25) is 5.91 Å². The van der Waals surface area contributed by atoms with Crippen LogP contribution in [0.25, 0.3) is 0 Å². The predicted octanol–water partition coefficient (Wildman–Crippen LogP) is 3.52. The average Bonchev–Trinajstić information content (AvgIpc) is 2.56. The molecule has 0 bridgehead atoms. The van der Waals surface area contributed by atoms with Gasteiger partial charge in [0.25, 0.3) is 5.91 Å². The van der Waals surface area contributed by atoms with Crippen LogP contribution in [0, 0.1) is 0 Å². The molecule has 0 aliphatic heterocycles. The number of carbonyl (C=O) groups excluding carboxylic acids is 2.